The Morgan fingerprint density at radius 1 is 1.64 bits per heavy atom. The van der Waals surface area contributed by atoms with Crippen LogP contribution in [-0.2, 0) is 6.54 Å². The summed E-state index contributed by atoms with van der Waals surface area (Å²) in [5.74, 6) is 1.40. The molecule has 0 aliphatic heterocycles. The molecule has 0 amide bonds. The van der Waals surface area contributed by atoms with Gasteiger partial charge in [0.2, 0.25) is 0 Å². The van der Waals surface area contributed by atoms with Crippen LogP contribution in [0, 0.1) is 5.92 Å². The lowest BCUT2D eigenvalue weighted by atomic mass is 10.2. The fourth-order valence-corrected chi connectivity index (χ4v) is 1.24. The third-order valence-corrected chi connectivity index (χ3v) is 2.97. The standard InChI is InChI=1S/C10H17BrN2O/c1-3-4-13-7-10(6-12-13)14-8-9(2)5-11/h6-7,9H,3-5,8H2,1-2H3. The van der Waals surface area contributed by atoms with E-state index in [4.69, 9.17) is 4.74 Å². The molecule has 1 heterocycles. The van der Waals surface area contributed by atoms with E-state index < -0.39 is 0 Å². The number of hydrogen-bond acceptors (Lipinski definition) is 2. The van der Waals surface area contributed by atoms with Gasteiger partial charge in [-0.2, -0.15) is 5.10 Å². The molecule has 1 aromatic heterocycles. The quantitative estimate of drug-likeness (QED) is 0.736. The third kappa shape index (κ3) is 3.70. The molecule has 1 aromatic rings. The molecule has 0 bridgehead atoms. The first-order valence-electron chi connectivity index (χ1n) is 4.97. The van der Waals surface area contributed by atoms with E-state index in [0.717, 1.165) is 30.7 Å². The first-order chi connectivity index (χ1) is 6.76. The Labute approximate surface area is 93.6 Å². The summed E-state index contributed by atoms with van der Waals surface area (Å²) in [5, 5.41) is 5.16. The van der Waals surface area contributed by atoms with E-state index >= 15 is 0 Å². The zero-order chi connectivity index (χ0) is 10.4. The molecule has 0 spiro atoms. The molecule has 0 saturated heterocycles. The molecule has 0 aromatic carbocycles. The fourth-order valence-electron chi connectivity index (χ4n) is 1.05. The van der Waals surface area contributed by atoms with Crippen molar-refractivity contribution in [3.63, 3.8) is 0 Å². The average molecular weight is 261 g/mol. The maximum atomic E-state index is 5.57. The van der Waals surface area contributed by atoms with Crippen molar-refractivity contribution in [1.82, 2.24) is 9.78 Å². The largest absolute Gasteiger partial charge is 0.490 e. The molecule has 1 rings (SSSR count). The molecule has 80 valence electrons. The number of aryl methyl sites for hydroxylation is 1. The normalized spacial score (nSPS) is 12.8. The van der Waals surface area contributed by atoms with Gasteiger partial charge < -0.3 is 4.74 Å². The highest BCUT2D eigenvalue weighted by Gasteiger charge is 2.02. The van der Waals surface area contributed by atoms with E-state index in [1.165, 1.54) is 0 Å². The van der Waals surface area contributed by atoms with Crippen molar-refractivity contribution in [2.45, 2.75) is 26.8 Å². The molecule has 1 atom stereocenters. The maximum absolute atomic E-state index is 5.57. The van der Waals surface area contributed by atoms with Gasteiger partial charge in [0.05, 0.1) is 19.0 Å². The first kappa shape index (κ1) is 11.6. The summed E-state index contributed by atoms with van der Waals surface area (Å²) in [5.41, 5.74) is 0. The number of alkyl halides is 1. The van der Waals surface area contributed by atoms with Gasteiger partial charge in [-0.1, -0.05) is 29.8 Å². The zero-order valence-corrected chi connectivity index (χ0v) is 10.3. The molecule has 3 nitrogen and oxygen atoms in total. The maximum Gasteiger partial charge on any atom is 0.157 e. The Morgan fingerprint density at radius 2 is 2.43 bits per heavy atom. The monoisotopic (exact) mass is 260 g/mol. The minimum absolute atomic E-state index is 0.532. The van der Waals surface area contributed by atoms with Gasteiger partial charge in [-0.05, 0) is 12.3 Å². The van der Waals surface area contributed by atoms with Gasteiger partial charge in [0.15, 0.2) is 5.75 Å². The average Bonchev–Trinajstić information content (AvgIpc) is 2.63. The SMILES string of the molecule is CCCn1cc(OCC(C)CBr)cn1. The topological polar surface area (TPSA) is 27.1 Å². The Bertz CT molecular complexity index is 262. The van der Waals surface area contributed by atoms with E-state index in [-0.39, 0.29) is 0 Å². The van der Waals surface area contributed by atoms with Crippen LogP contribution in [0.2, 0.25) is 0 Å². The van der Waals surface area contributed by atoms with Crippen LogP contribution in [0.3, 0.4) is 0 Å². The lowest BCUT2D eigenvalue weighted by Crippen LogP contribution is -2.09. The second-order valence-electron chi connectivity index (χ2n) is 3.51. The van der Waals surface area contributed by atoms with Gasteiger partial charge in [0.1, 0.15) is 0 Å². The van der Waals surface area contributed by atoms with Crippen molar-refractivity contribution in [3.05, 3.63) is 12.4 Å². The second kappa shape index (κ2) is 6.06. The minimum atomic E-state index is 0.532. The summed E-state index contributed by atoms with van der Waals surface area (Å²) in [6.45, 7) is 5.97. The molecule has 0 aliphatic carbocycles. The van der Waals surface area contributed by atoms with Gasteiger partial charge in [0, 0.05) is 11.9 Å². The molecule has 0 aliphatic rings. The van der Waals surface area contributed by atoms with E-state index in [1.807, 2.05) is 10.9 Å². The minimum Gasteiger partial charge on any atom is -0.490 e. The summed E-state index contributed by atoms with van der Waals surface area (Å²) in [4.78, 5) is 0. The predicted octanol–water partition coefficient (Wildman–Crippen LogP) is 2.70. The number of nitrogens with zero attached hydrogens (tertiary/aromatic N) is 2. The Balaban J connectivity index is 2.35. The van der Waals surface area contributed by atoms with Crippen LogP contribution >= 0.6 is 15.9 Å². The third-order valence-electron chi connectivity index (χ3n) is 1.86. The number of ether oxygens (including phenoxy) is 1. The molecule has 1 unspecified atom stereocenters. The highest BCUT2D eigenvalue weighted by Crippen LogP contribution is 2.10. The lowest BCUT2D eigenvalue weighted by Gasteiger charge is -2.07. The van der Waals surface area contributed by atoms with E-state index in [9.17, 15) is 0 Å². The van der Waals surface area contributed by atoms with Crippen LogP contribution in [0.1, 0.15) is 20.3 Å². The van der Waals surface area contributed by atoms with Crippen LogP contribution < -0.4 is 4.74 Å². The number of hydrogen-bond donors (Lipinski definition) is 0. The van der Waals surface area contributed by atoms with Gasteiger partial charge in [-0.3, -0.25) is 4.68 Å². The van der Waals surface area contributed by atoms with Gasteiger partial charge in [-0.15, -0.1) is 0 Å². The van der Waals surface area contributed by atoms with Crippen LogP contribution in [0.15, 0.2) is 12.4 Å². The van der Waals surface area contributed by atoms with Gasteiger partial charge in [-0.25, -0.2) is 0 Å². The molecular formula is C10H17BrN2O. The second-order valence-corrected chi connectivity index (χ2v) is 4.16. The number of rotatable bonds is 6. The van der Waals surface area contributed by atoms with Gasteiger partial charge >= 0.3 is 0 Å². The first-order valence-corrected chi connectivity index (χ1v) is 6.09. The van der Waals surface area contributed by atoms with E-state index in [2.05, 4.69) is 34.9 Å². The highest BCUT2D eigenvalue weighted by atomic mass is 79.9. The van der Waals surface area contributed by atoms with Crippen molar-refractivity contribution in [3.8, 4) is 5.75 Å². The van der Waals surface area contributed by atoms with E-state index in [1.54, 1.807) is 6.20 Å². The highest BCUT2D eigenvalue weighted by molar-refractivity contribution is 9.09. The van der Waals surface area contributed by atoms with Gasteiger partial charge in [0.25, 0.3) is 0 Å². The molecule has 14 heavy (non-hydrogen) atoms. The summed E-state index contributed by atoms with van der Waals surface area (Å²) in [7, 11) is 0. The molecule has 0 fully saturated rings. The van der Waals surface area contributed by atoms with Crippen LogP contribution in [0.5, 0.6) is 5.75 Å². The summed E-state index contributed by atoms with van der Waals surface area (Å²) < 4.78 is 7.48. The zero-order valence-electron chi connectivity index (χ0n) is 8.74. The van der Waals surface area contributed by atoms with Crippen molar-refractivity contribution in [2.24, 2.45) is 5.92 Å². The Hall–Kier alpha value is -0.510. The van der Waals surface area contributed by atoms with Crippen LogP contribution in [-0.4, -0.2) is 21.7 Å². The Morgan fingerprint density at radius 3 is 3.07 bits per heavy atom. The molecule has 4 heteroatoms. The molecule has 0 N–H and O–H groups in total. The van der Waals surface area contributed by atoms with Crippen molar-refractivity contribution in [2.75, 3.05) is 11.9 Å². The number of halogens is 1. The van der Waals surface area contributed by atoms with Crippen molar-refractivity contribution in [1.29, 1.82) is 0 Å². The van der Waals surface area contributed by atoms with E-state index in [0.29, 0.717) is 5.92 Å². The Kier molecular flexibility index (Phi) is 5.01. The summed E-state index contributed by atoms with van der Waals surface area (Å²) in [6, 6.07) is 0. The summed E-state index contributed by atoms with van der Waals surface area (Å²) >= 11 is 3.42. The number of aromatic nitrogens is 2. The lowest BCUT2D eigenvalue weighted by molar-refractivity contribution is 0.274. The predicted molar refractivity (Wildman–Crippen MR) is 61.0 cm³/mol. The molecular weight excluding hydrogens is 244 g/mol. The molecule has 0 radical (unpaired) electrons. The molecule has 0 saturated carbocycles. The summed E-state index contributed by atoms with van der Waals surface area (Å²) in [6.07, 6.45) is 4.82. The van der Waals surface area contributed by atoms with Crippen molar-refractivity contribution >= 4 is 15.9 Å². The van der Waals surface area contributed by atoms with Crippen molar-refractivity contribution < 1.29 is 4.74 Å². The van der Waals surface area contributed by atoms with Crippen LogP contribution in [0.4, 0.5) is 0 Å². The smallest absolute Gasteiger partial charge is 0.157 e. The fraction of sp³-hybridized carbons (Fsp3) is 0.700. The van der Waals surface area contributed by atoms with Crippen LogP contribution in [0.25, 0.3) is 0 Å².